The van der Waals surface area contributed by atoms with Crippen LogP contribution in [0.25, 0.3) is 5.69 Å². The molecule has 0 saturated carbocycles. The Morgan fingerprint density at radius 3 is 2.18 bits per heavy atom. The van der Waals surface area contributed by atoms with Gasteiger partial charge in [0, 0.05) is 12.5 Å². The van der Waals surface area contributed by atoms with Gasteiger partial charge in [-0.15, -0.1) is 5.10 Å². The number of hydrogen-bond donors (Lipinski definition) is 2. The largest absolute Gasteiger partial charge is 0.346 e. The highest BCUT2D eigenvalue weighted by Gasteiger charge is 2.25. The van der Waals surface area contributed by atoms with Crippen LogP contribution in [0.3, 0.4) is 0 Å². The van der Waals surface area contributed by atoms with E-state index in [4.69, 9.17) is 5.14 Å². The van der Waals surface area contributed by atoms with Gasteiger partial charge in [-0.05, 0) is 53.8 Å². The Hall–Kier alpha value is -3.82. The second-order valence-corrected chi connectivity index (χ2v) is 9.87. The minimum absolute atomic E-state index is 0.000240. The maximum absolute atomic E-state index is 13.0. The van der Waals surface area contributed by atoms with Crippen LogP contribution in [-0.4, -0.2) is 35.1 Å². The third kappa shape index (κ3) is 4.61. The molecule has 0 atom stereocenters. The fraction of sp³-hybridized carbons (Fsp3) is 0.160. The van der Waals surface area contributed by atoms with Crippen molar-refractivity contribution in [1.82, 2.24) is 20.1 Å². The van der Waals surface area contributed by atoms with Gasteiger partial charge in [-0.1, -0.05) is 54.6 Å². The van der Waals surface area contributed by atoms with Crippen molar-refractivity contribution >= 4 is 15.9 Å². The van der Waals surface area contributed by atoms with Crippen LogP contribution in [0, 0.1) is 0 Å². The zero-order chi connectivity index (χ0) is 23.7. The van der Waals surface area contributed by atoms with Crippen LogP contribution in [0.4, 0.5) is 0 Å². The van der Waals surface area contributed by atoms with E-state index in [1.54, 1.807) is 16.8 Å². The zero-order valence-electron chi connectivity index (χ0n) is 18.3. The SMILES string of the molecule is NS(=O)(=O)c1ccc(-n2nc(C(=O)NC3Cc4ccccc4C3)nc2Cc2ccccc2)cc1. The van der Waals surface area contributed by atoms with Crippen LogP contribution in [-0.2, 0) is 29.3 Å². The van der Waals surface area contributed by atoms with Crippen LogP contribution in [0.5, 0.6) is 0 Å². The molecule has 1 aliphatic carbocycles. The number of aromatic nitrogens is 3. The van der Waals surface area contributed by atoms with Crippen molar-refractivity contribution < 1.29 is 13.2 Å². The summed E-state index contributed by atoms with van der Waals surface area (Å²) in [4.78, 5) is 17.6. The van der Waals surface area contributed by atoms with Crippen molar-refractivity contribution in [3.8, 4) is 5.69 Å². The summed E-state index contributed by atoms with van der Waals surface area (Å²) in [6, 6.07) is 23.9. The number of primary sulfonamides is 1. The van der Waals surface area contributed by atoms with Gasteiger partial charge >= 0.3 is 0 Å². The number of benzene rings is 3. The topological polar surface area (TPSA) is 120 Å². The molecule has 0 spiro atoms. The first kappa shape index (κ1) is 22.0. The molecule has 3 aromatic carbocycles. The van der Waals surface area contributed by atoms with Crippen molar-refractivity contribution in [3.63, 3.8) is 0 Å². The van der Waals surface area contributed by atoms with Gasteiger partial charge in [-0.3, -0.25) is 4.79 Å². The fourth-order valence-electron chi connectivity index (χ4n) is 4.23. The van der Waals surface area contributed by atoms with Crippen molar-refractivity contribution in [2.24, 2.45) is 5.14 Å². The molecule has 0 unspecified atom stereocenters. The Kier molecular flexibility index (Phi) is 5.72. The lowest BCUT2D eigenvalue weighted by Gasteiger charge is -2.09. The molecule has 5 rings (SSSR count). The molecule has 0 aliphatic heterocycles. The van der Waals surface area contributed by atoms with Crippen LogP contribution in [0.2, 0.25) is 0 Å². The van der Waals surface area contributed by atoms with Gasteiger partial charge in [0.05, 0.1) is 10.6 Å². The molecule has 3 N–H and O–H groups in total. The number of carbonyl (C=O) groups excluding carboxylic acids is 1. The van der Waals surface area contributed by atoms with E-state index in [0.29, 0.717) is 17.9 Å². The highest BCUT2D eigenvalue weighted by Crippen LogP contribution is 2.22. The van der Waals surface area contributed by atoms with Crippen molar-refractivity contribution in [2.45, 2.75) is 30.2 Å². The highest BCUT2D eigenvalue weighted by molar-refractivity contribution is 7.89. The number of fused-ring (bicyclic) bond motifs is 1. The quantitative estimate of drug-likeness (QED) is 0.446. The van der Waals surface area contributed by atoms with Crippen molar-refractivity contribution in [3.05, 3.63) is 107 Å². The number of nitrogens with two attached hydrogens (primary N) is 1. The minimum atomic E-state index is -3.81. The zero-order valence-corrected chi connectivity index (χ0v) is 19.1. The van der Waals surface area contributed by atoms with E-state index in [1.807, 2.05) is 42.5 Å². The molecule has 34 heavy (non-hydrogen) atoms. The van der Waals surface area contributed by atoms with Gasteiger partial charge in [0.25, 0.3) is 5.91 Å². The molecule has 1 aromatic heterocycles. The first-order valence-electron chi connectivity index (χ1n) is 10.9. The minimum Gasteiger partial charge on any atom is -0.346 e. The van der Waals surface area contributed by atoms with E-state index in [2.05, 4.69) is 27.5 Å². The third-order valence-electron chi connectivity index (χ3n) is 5.88. The van der Waals surface area contributed by atoms with E-state index in [0.717, 1.165) is 18.4 Å². The second kappa shape index (κ2) is 8.85. The standard InChI is InChI=1S/C25H23N5O3S/c26-34(32,33)22-12-10-21(11-13-22)30-23(14-17-6-2-1-3-7-17)28-24(29-30)25(31)27-20-15-18-8-4-5-9-19(18)16-20/h1-13,20H,14-16H2,(H,27,31)(H2,26,32,33). The summed E-state index contributed by atoms with van der Waals surface area (Å²) >= 11 is 0. The van der Waals surface area contributed by atoms with Gasteiger partial charge in [-0.2, -0.15) is 0 Å². The molecule has 4 aromatic rings. The molecule has 0 fully saturated rings. The summed E-state index contributed by atoms with van der Waals surface area (Å²) in [6.45, 7) is 0. The first-order chi connectivity index (χ1) is 16.4. The summed E-state index contributed by atoms with van der Waals surface area (Å²) < 4.78 is 24.8. The fourth-order valence-corrected chi connectivity index (χ4v) is 4.74. The second-order valence-electron chi connectivity index (χ2n) is 8.31. The predicted molar refractivity (Wildman–Crippen MR) is 127 cm³/mol. The van der Waals surface area contributed by atoms with E-state index >= 15 is 0 Å². The molecule has 1 amide bonds. The average Bonchev–Trinajstić information content (AvgIpc) is 3.43. The molecule has 1 heterocycles. The summed E-state index contributed by atoms with van der Waals surface area (Å²) in [5, 5.41) is 12.7. The van der Waals surface area contributed by atoms with Gasteiger partial charge in [0.1, 0.15) is 5.82 Å². The number of hydrogen-bond acceptors (Lipinski definition) is 5. The van der Waals surface area contributed by atoms with Crippen molar-refractivity contribution in [2.75, 3.05) is 0 Å². The Balaban J connectivity index is 1.43. The molecule has 1 aliphatic rings. The van der Waals surface area contributed by atoms with Gasteiger partial charge in [-0.25, -0.2) is 23.2 Å². The van der Waals surface area contributed by atoms with E-state index < -0.39 is 10.0 Å². The number of amides is 1. The summed E-state index contributed by atoms with van der Waals surface area (Å²) in [5.41, 5.74) is 4.07. The molecular formula is C25H23N5O3S. The Morgan fingerprint density at radius 2 is 1.56 bits per heavy atom. The predicted octanol–water partition coefficient (Wildman–Crippen LogP) is 2.40. The molecule has 8 nitrogen and oxygen atoms in total. The number of carbonyl (C=O) groups is 1. The maximum atomic E-state index is 13.0. The Morgan fingerprint density at radius 1 is 0.941 bits per heavy atom. The lowest BCUT2D eigenvalue weighted by atomic mass is 10.1. The molecule has 172 valence electrons. The van der Waals surface area contributed by atoms with Gasteiger partial charge in [0.15, 0.2) is 0 Å². The molecule has 0 radical (unpaired) electrons. The summed E-state index contributed by atoms with van der Waals surface area (Å²) in [6.07, 6.45) is 2.00. The van der Waals surface area contributed by atoms with Crippen LogP contribution in [0.15, 0.2) is 83.8 Å². The normalized spacial score (nSPS) is 13.6. The Bertz CT molecular complexity index is 1420. The molecule has 9 heteroatoms. The number of sulfonamides is 1. The van der Waals surface area contributed by atoms with Gasteiger partial charge in [0.2, 0.25) is 15.8 Å². The maximum Gasteiger partial charge on any atom is 0.291 e. The average molecular weight is 474 g/mol. The van der Waals surface area contributed by atoms with E-state index in [1.165, 1.54) is 23.3 Å². The lowest BCUT2D eigenvalue weighted by molar-refractivity contribution is 0.0928. The molecule has 0 bridgehead atoms. The summed E-state index contributed by atoms with van der Waals surface area (Å²) in [7, 11) is -3.81. The number of rotatable bonds is 6. The third-order valence-corrected chi connectivity index (χ3v) is 6.81. The van der Waals surface area contributed by atoms with Crippen LogP contribution >= 0.6 is 0 Å². The Labute approximate surface area is 197 Å². The van der Waals surface area contributed by atoms with E-state index in [-0.39, 0.29) is 22.7 Å². The van der Waals surface area contributed by atoms with Crippen molar-refractivity contribution in [1.29, 1.82) is 0 Å². The van der Waals surface area contributed by atoms with E-state index in [9.17, 15) is 13.2 Å². The first-order valence-corrected chi connectivity index (χ1v) is 12.4. The van der Waals surface area contributed by atoms with Crippen LogP contribution < -0.4 is 10.5 Å². The molecular weight excluding hydrogens is 450 g/mol. The number of nitrogens with zero attached hydrogens (tertiary/aromatic N) is 3. The molecule has 0 saturated heterocycles. The van der Waals surface area contributed by atoms with Gasteiger partial charge < -0.3 is 5.32 Å². The lowest BCUT2D eigenvalue weighted by Crippen LogP contribution is -2.36. The smallest absolute Gasteiger partial charge is 0.291 e. The highest BCUT2D eigenvalue weighted by atomic mass is 32.2. The number of nitrogens with one attached hydrogen (secondary N) is 1. The summed E-state index contributed by atoms with van der Waals surface area (Å²) in [5.74, 6) is 0.291. The monoisotopic (exact) mass is 473 g/mol. The van der Waals surface area contributed by atoms with Crippen LogP contribution in [0.1, 0.15) is 33.1 Å².